The first-order chi connectivity index (χ1) is 7.77. The van der Waals surface area contributed by atoms with Gasteiger partial charge in [-0.15, -0.1) is 0 Å². The Labute approximate surface area is 104 Å². The maximum atomic E-state index is 5.81. The van der Waals surface area contributed by atoms with Gasteiger partial charge in [-0.25, -0.2) is 9.97 Å². The first-order valence-electron chi connectivity index (χ1n) is 5.39. The van der Waals surface area contributed by atoms with Crippen LogP contribution < -0.4 is 11.1 Å². The summed E-state index contributed by atoms with van der Waals surface area (Å²) in [6.07, 6.45) is 5.34. The van der Waals surface area contributed by atoms with Gasteiger partial charge < -0.3 is 11.1 Å². The van der Waals surface area contributed by atoms with E-state index in [2.05, 4.69) is 15.3 Å². The van der Waals surface area contributed by atoms with Gasteiger partial charge in [-0.2, -0.15) is 11.8 Å². The predicted molar refractivity (Wildman–Crippen MR) is 70.0 cm³/mol. The molecule has 0 aromatic carbocycles. The summed E-state index contributed by atoms with van der Waals surface area (Å²) in [7, 11) is 0. The quantitative estimate of drug-likeness (QED) is 0.816. The van der Waals surface area contributed by atoms with E-state index in [0.29, 0.717) is 21.9 Å². The molecule has 0 aliphatic carbocycles. The van der Waals surface area contributed by atoms with Crippen LogP contribution in [-0.2, 0) is 0 Å². The molecule has 2 heterocycles. The molecule has 1 aliphatic rings. The van der Waals surface area contributed by atoms with Crippen molar-refractivity contribution in [3.05, 3.63) is 11.5 Å². The first-order valence-corrected chi connectivity index (χ1v) is 6.81. The Bertz CT molecular complexity index is 355. The molecular weight excluding hydrogens is 244 g/mol. The minimum Gasteiger partial charge on any atom is -0.393 e. The highest BCUT2D eigenvalue weighted by atomic mass is 35.5. The molecule has 0 amide bonds. The lowest BCUT2D eigenvalue weighted by molar-refractivity contribution is 0.677. The fourth-order valence-corrected chi connectivity index (χ4v) is 3.07. The number of nitrogens with two attached hydrogens (primary N) is 1. The predicted octanol–water partition coefficient (Wildman–Crippen LogP) is 2.41. The molecule has 16 heavy (non-hydrogen) atoms. The third-order valence-electron chi connectivity index (χ3n) is 2.61. The molecule has 4 nitrogen and oxygen atoms in total. The Morgan fingerprint density at radius 1 is 1.50 bits per heavy atom. The van der Waals surface area contributed by atoms with E-state index in [1.165, 1.54) is 31.3 Å². The second-order valence-corrected chi connectivity index (χ2v) is 5.56. The fourth-order valence-electron chi connectivity index (χ4n) is 1.69. The van der Waals surface area contributed by atoms with E-state index < -0.39 is 0 Å². The van der Waals surface area contributed by atoms with Crippen molar-refractivity contribution in [2.45, 2.75) is 24.5 Å². The Morgan fingerprint density at radius 3 is 3.12 bits per heavy atom. The highest BCUT2D eigenvalue weighted by Gasteiger charge is 2.14. The number of nitrogens with one attached hydrogen (secondary N) is 1. The molecule has 1 saturated heterocycles. The smallest absolute Gasteiger partial charge is 0.157 e. The minimum absolute atomic E-state index is 0.314. The van der Waals surface area contributed by atoms with Crippen LogP contribution in [0.15, 0.2) is 6.33 Å². The normalized spacial score (nSPS) is 20.7. The van der Waals surface area contributed by atoms with Crippen LogP contribution in [0.1, 0.15) is 19.3 Å². The van der Waals surface area contributed by atoms with Gasteiger partial charge in [0.2, 0.25) is 0 Å². The van der Waals surface area contributed by atoms with Gasteiger partial charge in [-0.1, -0.05) is 18.0 Å². The van der Waals surface area contributed by atoms with Crippen molar-refractivity contribution in [3.63, 3.8) is 0 Å². The van der Waals surface area contributed by atoms with Crippen molar-refractivity contribution in [2.75, 3.05) is 23.3 Å². The Balaban J connectivity index is 1.91. The Kier molecular flexibility index (Phi) is 4.12. The summed E-state index contributed by atoms with van der Waals surface area (Å²) >= 11 is 7.83. The number of anilines is 2. The topological polar surface area (TPSA) is 63.8 Å². The summed E-state index contributed by atoms with van der Waals surface area (Å²) < 4.78 is 0. The van der Waals surface area contributed by atoms with E-state index in [1.54, 1.807) is 0 Å². The zero-order valence-corrected chi connectivity index (χ0v) is 10.5. The third kappa shape index (κ3) is 2.92. The number of hydrogen-bond donors (Lipinski definition) is 2. The molecule has 6 heteroatoms. The van der Waals surface area contributed by atoms with Crippen LogP contribution in [0.4, 0.5) is 11.5 Å². The van der Waals surface area contributed by atoms with Crippen molar-refractivity contribution < 1.29 is 0 Å². The van der Waals surface area contributed by atoms with Crippen LogP contribution in [0.25, 0.3) is 0 Å². The molecule has 0 bridgehead atoms. The van der Waals surface area contributed by atoms with Gasteiger partial charge >= 0.3 is 0 Å². The molecule has 3 N–H and O–H groups in total. The van der Waals surface area contributed by atoms with E-state index in [1.807, 2.05) is 11.8 Å². The standard InChI is InChI=1S/C10H15ClN4S/c11-9-8(12)10(15-6-14-9)13-5-7-3-1-2-4-16-7/h6-7H,1-5,12H2,(H,13,14,15). The summed E-state index contributed by atoms with van der Waals surface area (Å²) in [6.45, 7) is 0.891. The summed E-state index contributed by atoms with van der Waals surface area (Å²) in [5, 5.41) is 4.21. The van der Waals surface area contributed by atoms with Crippen molar-refractivity contribution in [2.24, 2.45) is 0 Å². The number of nitrogens with zero attached hydrogens (tertiary/aromatic N) is 2. The Hall–Kier alpha value is -0.680. The fraction of sp³-hybridized carbons (Fsp3) is 0.600. The lowest BCUT2D eigenvalue weighted by atomic mass is 10.2. The lowest BCUT2D eigenvalue weighted by Crippen LogP contribution is -2.21. The average Bonchev–Trinajstić information content (AvgIpc) is 2.32. The molecule has 0 saturated carbocycles. The van der Waals surface area contributed by atoms with Crippen molar-refractivity contribution >= 4 is 34.9 Å². The summed E-state index contributed by atoms with van der Waals surface area (Å²) in [5.41, 5.74) is 6.21. The SMILES string of the molecule is Nc1c(Cl)ncnc1NCC1CCCCS1. The molecular formula is C10H15ClN4S. The summed E-state index contributed by atoms with van der Waals surface area (Å²) in [6, 6.07) is 0. The van der Waals surface area contributed by atoms with Gasteiger partial charge in [0.25, 0.3) is 0 Å². The van der Waals surface area contributed by atoms with Gasteiger partial charge in [0.05, 0.1) is 0 Å². The van der Waals surface area contributed by atoms with Gasteiger partial charge in [-0.05, 0) is 18.6 Å². The molecule has 1 fully saturated rings. The van der Waals surface area contributed by atoms with Crippen LogP contribution in [0.2, 0.25) is 5.15 Å². The molecule has 1 aliphatic heterocycles. The largest absolute Gasteiger partial charge is 0.393 e. The zero-order chi connectivity index (χ0) is 11.4. The highest BCUT2D eigenvalue weighted by molar-refractivity contribution is 7.99. The summed E-state index contributed by atoms with van der Waals surface area (Å²) in [5.74, 6) is 1.90. The first kappa shape index (κ1) is 11.8. The number of halogens is 1. The number of aromatic nitrogens is 2. The van der Waals surface area contributed by atoms with Crippen LogP contribution in [-0.4, -0.2) is 27.5 Å². The van der Waals surface area contributed by atoms with E-state index in [4.69, 9.17) is 17.3 Å². The van der Waals surface area contributed by atoms with Crippen LogP contribution >= 0.6 is 23.4 Å². The second kappa shape index (κ2) is 5.59. The monoisotopic (exact) mass is 258 g/mol. The van der Waals surface area contributed by atoms with E-state index in [0.717, 1.165) is 6.54 Å². The number of thioether (sulfide) groups is 1. The maximum Gasteiger partial charge on any atom is 0.157 e. The third-order valence-corrected chi connectivity index (χ3v) is 4.31. The molecule has 1 aromatic heterocycles. The number of rotatable bonds is 3. The molecule has 1 atom stereocenters. The average molecular weight is 259 g/mol. The lowest BCUT2D eigenvalue weighted by Gasteiger charge is -2.21. The van der Waals surface area contributed by atoms with Gasteiger partial charge in [-0.3, -0.25) is 0 Å². The van der Waals surface area contributed by atoms with Gasteiger partial charge in [0, 0.05) is 11.8 Å². The van der Waals surface area contributed by atoms with E-state index in [9.17, 15) is 0 Å². The van der Waals surface area contributed by atoms with Crippen molar-refractivity contribution in [1.82, 2.24) is 9.97 Å². The number of hydrogen-bond acceptors (Lipinski definition) is 5. The van der Waals surface area contributed by atoms with Crippen LogP contribution in [0.5, 0.6) is 0 Å². The van der Waals surface area contributed by atoms with Crippen LogP contribution in [0.3, 0.4) is 0 Å². The van der Waals surface area contributed by atoms with E-state index in [-0.39, 0.29) is 0 Å². The molecule has 2 rings (SSSR count). The molecule has 1 aromatic rings. The van der Waals surface area contributed by atoms with Gasteiger partial charge in [0.1, 0.15) is 12.0 Å². The van der Waals surface area contributed by atoms with Crippen molar-refractivity contribution in [1.29, 1.82) is 0 Å². The molecule has 1 unspecified atom stereocenters. The van der Waals surface area contributed by atoms with Crippen molar-refractivity contribution in [3.8, 4) is 0 Å². The minimum atomic E-state index is 0.314. The molecule has 0 spiro atoms. The second-order valence-electron chi connectivity index (χ2n) is 3.80. The van der Waals surface area contributed by atoms with E-state index >= 15 is 0 Å². The number of nitrogen functional groups attached to an aromatic ring is 1. The zero-order valence-electron chi connectivity index (χ0n) is 8.95. The highest BCUT2D eigenvalue weighted by Crippen LogP contribution is 2.27. The summed E-state index contributed by atoms with van der Waals surface area (Å²) in [4.78, 5) is 7.90. The van der Waals surface area contributed by atoms with Gasteiger partial charge in [0.15, 0.2) is 11.0 Å². The van der Waals surface area contributed by atoms with Crippen LogP contribution in [0, 0.1) is 0 Å². The molecule has 0 radical (unpaired) electrons. The maximum absolute atomic E-state index is 5.81. The Morgan fingerprint density at radius 2 is 2.38 bits per heavy atom. The molecule has 88 valence electrons.